The molecule has 170 valence electrons. The second kappa shape index (κ2) is 10.6. The van der Waals surface area contributed by atoms with Gasteiger partial charge in [0.25, 0.3) is 0 Å². The van der Waals surface area contributed by atoms with Crippen molar-refractivity contribution >= 4 is 11.8 Å². The number of piperidine rings is 1. The monoisotopic (exact) mass is 427 g/mol. The number of nitrogens with one attached hydrogen (secondary N) is 1. The molecule has 0 radical (unpaired) electrons. The van der Waals surface area contributed by atoms with Gasteiger partial charge >= 0.3 is 0 Å². The SMILES string of the molecule is O=C(NCC1(c2ccccc2)CCCC1)[C@H]1CCC(=O)N(CCCN2CCOCC2)C1. The second-order valence-corrected chi connectivity index (χ2v) is 9.45. The van der Waals surface area contributed by atoms with Crippen molar-refractivity contribution in [2.75, 3.05) is 52.5 Å². The Labute approximate surface area is 186 Å². The Hall–Kier alpha value is -1.92. The molecule has 2 amide bonds. The fraction of sp³-hybridized carbons (Fsp3) is 0.680. The van der Waals surface area contributed by atoms with Crippen molar-refractivity contribution in [1.29, 1.82) is 0 Å². The van der Waals surface area contributed by atoms with E-state index in [0.717, 1.165) is 58.7 Å². The zero-order chi connectivity index (χ0) is 21.5. The Bertz CT molecular complexity index is 727. The van der Waals surface area contributed by atoms with Gasteiger partial charge in [-0.3, -0.25) is 14.5 Å². The number of carbonyl (C=O) groups is 2. The van der Waals surface area contributed by atoms with Crippen molar-refractivity contribution in [1.82, 2.24) is 15.1 Å². The number of morpholine rings is 1. The number of carbonyl (C=O) groups excluding carboxylic acids is 2. The molecule has 3 fully saturated rings. The van der Waals surface area contributed by atoms with Gasteiger partial charge in [0, 0.05) is 51.1 Å². The first-order valence-electron chi connectivity index (χ1n) is 12.1. The minimum atomic E-state index is -0.0877. The van der Waals surface area contributed by atoms with E-state index in [9.17, 15) is 9.59 Å². The Balaban J connectivity index is 1.27. The molecule has 2 heterocycles. The van der Waals surface area contributed by atoms with Crippen LogP contribution in [0.25, 0.3) is 0 Å². The van der Waals surface area contributed by atoms with Gasteiger partial charge < -0.3 is 15.0 Å². The van der Waals surface area contributed by atoms with Crippen LogP contribution in [0.3, 0.4) is 0 Å². The lowest BCUT2D eigenvalue weighted by atomic mass is 9.78. The van der Waals surface area contributed by atoms with Crippen LogP contribution in [-0.4, -0.2) is 74.1 Å². The molecule has 0 unspecified atom stereocenters. The summed E-state index contributed by atoms with van der Waals surface area (Å²) < 4.78 is 5.40. The topological polar surface area (TPSA) is 61.9 Å². The van der Waals surface area contributed by atoms with Crippen molar-refractivity contribution in [3.63, 3.8) is 0 Å². The second-order valence-electron chi connectivity index (χ2n) is 9.45. The van der Waals surface area contributed by atoms with Crippen molar-refractivity contribution in [3.05, 3.63) is 35.9 Å². The van der Waals surface area contributed by atoms with E-state index in [4.69, 9.17) is 4.74 Å². The number of likely N-dealkylation sites (tertiary alicyclic amines) is 1. The van der Waals surface area contributed by atoms with Crippen LogP contribution in [0.5, 0.6) is 0 Å². The fourth-order valence-corrected chi connectivity index (χ4v) is 5.47. The number of hydrogen-bond donors (Lipinski definition) is 1. The Kier molecular flexibility index (Phi) is 7.62. The van der Waals surface area contributed by atoms with Crippen LogP contribution in [0.15, 0.2) is 30.3 Å². The van der Waals surface area contributed by atoms with Gasteiger partial charge in [-0.25, -0.2) is 0 Å². The summed E-state index contributed by atoms with van der Waals surface area (Å²) in [7, 11) is 0. The number of benzene rings is 1. The van der Waals surface area contributed by atoms with Crippen LogP contribution in [0.4, 0.5) is 0 Å². The van der Waals surface area contributed by atoms with Gasteiger partial charge in [-0.15, -0.1) is 0 Å². The van der Waals surface area contributed by atoms with Crippen LogP contribution in [0.1, 0.15) is 50.5 Å². The summed E-state index contributed by atoms with van der Waals surface area (Å²) in [6, 6.07) is 10.6. The average molecular weight is 428 g/mol. The maximum Gasteiger partial charge on any atom is 0.224 e. The van der Waals surface area contributed by atoms with Gasteiger partial charge in [-0.1, -0.05) is 43.2 Å². The molecule has 1 aromatic rings. The van der Waals surface area contributed by atoms with E-state index >= 15 is 0 Å². The number of amides is 2. The summed E-state index contributed by atoms with van der Waals surface area (Å²) in [6.45, 7) is 6.55. The lowest BCUT2D eigenvalue weighted by molar-refractivity contribution is -0.138. The Morgan fingerprint density at radius 2 is 1.84 bits per heavy atom. The minimum absolute atomic E-state index is 0.0687. The third-order valence-corrected chi connectivity index (χ3v) is 7.42. The maximum atomic E-state index is 13.0. The summed E-state index contributed by atoms with van der Waals surface area (Å²) in [5, 5.41) is 3.28. The molecule has 1 aliphatic carbocycles. The first-order chi connectivity index (χ1) is 15.2. The van der Waals surface area contributed by atoms with E-state index in [-0.39, 0.29) is 23.1 Å². The highest BCUT2D eigenvalue weighted by Gasteiger charge is 2.37. The first kappa shape index (κ1) is 22.3. The number of rotatable bonds is 8. The summed E-state index contributed by atoms with van der Waals surface area (Å²) in [6.07, 6.45) is 6.82. The van der Waals surface area contributed by atoms with Gasteiger partial charge in [0.1, 0.15) is 0 Å². The van der Waals surface area contributed by atoms with E-state index in [1.54, 1.807) is 0 Å². The highest BCUT2D eigenvalue weighted by molar-refractivity contribution is 5.83. The van der Waals surface area contributed by atoms with E-state index in [2.05, 4.69) is 40.5 Å². The molecular formula is C25H37N3O3. The summed E-state index contributed by atoms with van der Waals surface area (Å²) in [5.74, 6) is 0.228. The molecular weight excluding hydrogens is 390 g/mol. The van der Waals surface area contributed by atoms with Crippen LogP contribution in [0, 0.1) is 5.92 Å². The van der Waals surface area contributed by atoms with Crippen molar-refractivity contribution in [2.24, 2.45) is 5.92 Å². The molecule has 1 saturated carbocycles. The van der Waals surface area contributed by atoms with E-state index in [1.807, 2.05) is 4.90 Å². The Morgan fingerprint density at radius 1 is 1.10 bits per heavy atom. The lowest BCUT2D eigenvalue weighted by Crippen LogP contribution is -2.48. The van der Waals surface area contributed by atoms with Crippen molar-refractivity contribution < 1.29 is 14.3 Å². The first-order valence-corrected chi connectivity index (χ1v) is 12.1. The molecule has 2 saturated heterocycles. The highest BCUT2D eigenvalue weighted by atomic mass is 16.5. The zero-order valence-corrected chi connectivity index (χ0v) is 18.7. The number of hydrogen-bond acceptors (Lipinski definition) is 4. The lowest BCUT2D eigenvalue weighted by Gasteiger charge is -2.34. The predicted octanol–water partition coefficient (Wildman–Crippen LogP) is 2.58. The van der Waals surface area contributed by atoms with Gasteiger partial charge in [-0.2, -0.15) is 0 Å². The van der Waals surface area contributed by atoms with E-state index in [0.29, 0.717) is 25.9 Å². The highest BCUT2D eigenvalue weighted by Crippen LogP contribution is 2.40. The van der Waals surface area contributed by atoms with Gasteiger partial charge in [0.15, 0.2) is 0 Å². The molecule has 4 rings (SSSR count). The average Bonchev–Trinajstić information content (AvgIpc) is 3.30. The third-order valence-electron chi connectivity index (χ3n) is 7.42. The van der Waals surface area contributed by atoms with Crippen LogP contribution >= 0.6 is 0 Å². The molecule has 0 bridgehead atoms. The normalized spacial score (nSPS) is 24.3. The molecule has 0 spiro atoms. The molecule has 1 atom stereocenters. The number of nitrogens with zero attached hydrogens (tertiary/aromatic N) is 2. The molecule has 3 aliphatic rings. The van der Waals surface area contributed by atoms with Crippen molar-refractivity contribution in [2.45, 2.75) is 50.4 Å². The molecule has 2 aliphatic heterocycles. The quantitative estimate of drug-likeness (QED) is 0.693. The Morgan fingerprint density at radius 3 is 2.58 bits per heavy atom. The van der Waals surface area contributed by atoms with Gasteiger partial charge in [0.2, 0.25) is 11.8 Å². The van der Waals surface area contributed by atoms with Crippen molar-refractivity contribution in [3.8, 4) is 0 Å². The van der Waals surface area contributed by atoms with E-state index < -0.39 is 0 Å². The van der Waals surface area contributed by atoms with E-state index in [1.165, 1.54) is 18.4 Å². The minimum Gasteiger partial charge on any atom is -0.379 e. The van der Waals surface area contributed by atoms with Gasteiger partial charge in [0.05, 0.1) is 19.1 Å². The van der Waals surface area contributed by atoms with Gasteiger partial charge in [-0.05, 0) is 31.2 Å². The maximum absolute atomic E-state index is 13.0. The standard InChI is InChI=1S/C25H37N3O3/c29-23-10-9-21(19-28(23)14-6-13-27-15-17-31-18-16-27)24(30)26-20-25(11-4-5-12-25)22-7-2-1-3-8-22/h1-3,7-8,21H,4-6,9-20H2,(H,26,30)/t21-/m0/s1. The predicted molar refractivity (Wildman–Crippen MR) is 121 cm³/mol. The molecule has 6 heteroatoms. The fourth-order valence-electron chi connectivity index (χ4n) is 5.47. The zero-order valence-electron chi connectivity index (χ0n) is 18.7. The molecule has 31 heavy (non-hydrogen) atoms. The summed E-state index contributed by atoms with van der Waals surface area (Å²) >= 11 is 0. The smallest absolute Gasteiger partial charge is 0.224 e. The molecule has 0 aromatic heterocycles. The third kappa shape index (κ3) is 5.66. The van der Waals surface area contributed by atoms with Crippen LogP contribution < -0.4 is 5.32 Å². The molecule has 1 N–H and O–H groups in total. The van der Waals surface area contributed by atoms with Crippen LogP contribution in [-0.2, 0) is 19.7 Å². The van der Waals surface area contributed by atoms with Crippen LogP contribution in [0.2, 0.25) is 0 Å². The molecule has 1 aromatic carbocycles. The molecule has 6 nitrogen and oxygen atoms in total. The summed E-state index contributed by atoms with van der Waals surface area (Å²) in [4.78, 5) is 29.7. The largest absolute Gasteiger partial charge is 0.379 e. The summed E-state index contributed by atoms with van der Waals surface area (Å²) in [5.41, 5.74) is 1.41. The number of ether oxygens (including phenoxy) is 1.